The van der Waals surface area contributed by atoms with Gasteiger partial charge in [0, 0.05) is 25.3 Å². The van der Waals surface area contributed by atoms with Crippen molar-refractivity contribution in [3.8, 4) is 0 Å². The molecule has 0 aromatic carbocycles. The van der Waals surface area contributed by atoms with E-state index >= 15 is 0 Å². The number of H-pyrrole nitrogens is 1. The third kappa shape index (κ3) is 3.67. The van der Waals surface area contributed by atoms with Gasteiger partial charge >= 0.3 is 6.09 Å². The molecule has 0 aliphatic carbocycles. The zero-order chi connectivity index (χ0) is 17.5. The van der Waals surface area contributed by atoms with Gasteiger partial charge in [-0.1, -0.05) is 11.6 Å². The fourth-order valence-corrected chi connectivity index (χ4v) is 3.04. The second-order valence-corrected chi connectivity index (χ2v) is 7.50. The Bertz CT molecular complexity index is 771. The molecular formula is C15H19Cl2N5O2. The van der Waals surface area contributed by atoms with Crippen LogP contribution in [0.5, 0.6) is 0 Å². The van der Waals surface area contributed by atoms with Crippen LogP contribution in [-0.4, -0.2) is 50.7 Å². The van der Waals surface area contributed by atoms with E-state index in [1.807, 2.05) is 20.8 Å². The SMILES string of the molecule is CC(C)(C)OC(=O)N1CCC(Nc2nc(Cl)nc3[nH]cc(Cl)c23)C1. The van der Waals surface area contributed by atoms with Crippen LogP contribution in [0.15, 0.2) is 6.20 Å². The van der Waals surface area contributed by atoms with Crippen molar-refractivity contribution in [2.45, 2.75) is 38.8 Å². The van der Waals surface area contributed by atoms with E-state index in [1.54, 1.807) is 11.1 Å². The minimum atomic E-state index is -0.506. The van der Waals surface area contributed by atoms with E-state index in [2.05, 4.69) is 20.3 Å². The lowest BCUT2D eigenvalue weighted by molar-refractivity contribution is 0.0293. The predicted octanol–water partition coefficient (Wildman–Crippen LogP) is 3.69. The van der Waals surface area contributed by atoms with Crippen molar-refractivity contribution >= 4 is 46.1 Å². The Morgan fingerprint density at radius 1 is 1.42 bits per heavy atom. The van der Waals surface area contributed by atoms with Crippen LogP contribution in [0.3, 0.4) is 0 Å². The Morgan fingerprint density at radius 3 is 2.88 bits per heavy atom. The monoisotopic (exact) mass is 371 g/mol. The molecule has 0 spiro atoms. The highest BCUT2D eigenvalue weighted by molar-refractivity contribution is 6.36. The number of likely N-dealkylation sites (tertiary alicyclic amines) is 1. The first-order valence-electron chi connectivity index (χ1n) is 7.67. The summed E-state index contributed by atoms with van der Waals surface area (Å²) in [6, 6.07) is 0.0395. The molecular weight excluding hydrogens is 353 g/mol. The molecule has 130 valence electrons. The van der Waals surface area contributed by atoms with Crippen LogP contribution in [0.2, 0.25) is 10.3 Å². The number of carbonyl (C=O) groups excluding carboxylic acids is 1. The molecule has 0 radical (unpaired) electrons. The zero-order valence-electron chi connectivity index (χ0n) is 13.7. The normalized spacial score (nSPS) is 18.2. The molecule has 1 fully saturated rings. The van der Waals surface area contributed by atoms with Gasteiger partial charge in [-0.15, -0.1) is 0 Å². The van der Waals surface area contributed by atoms with Crippen LogP contribution in [0.25, 0.3) is 11.0 Å². The highest BCUT2D eigenvalue weighted by Crippen LogP contribution is 2.30. The van der Waals surface area contributed by atoms with Gasteiger partial charge in [-0.2, -0.15) is 9.97 Å². The number of nitrogens with zero attached hydrogens (tertiary/aromatic N) is 3. The van der Waals surface area contributed by atoms with E-state index < -0.39 is 5.60 Å². The van der Waals surface area contributed by atoms with Crippen molar-refractivity contribution in [2.24, 2.45) is 0 Å². The molecule has 1 aliphatic heterocycles. The number of halogens is 2. The van der Waals surface area contributed by atoms with E-state index in [0.29, 0.717) is 35.0 Å². The third-order valence-corrected chi connectivity index (χ3v) is 4.10. The topological polar surface area (TPSA) is 83.1 Å². The number of fused-ring (bicyclic) bond motifs is 1. The number of aromatic amines is 1. The van der Waals surface area contributed by atoms with Gasteiger partial charge in [-0.05, 0) is 38.8 Å². The van der Waals surface area contributed by atoms with Crippen LogP contribution in [0.4, 0.5) is 10.6 Å². The number of hydrogen-bond donors (Lipinski definition) is 2. The van der Waals surface area contributed by atoms with Crippen LogP contribution in [0, 0.1) is 0 Å². The van der Waals surface area contributed by atoms with Gasteiger partial charge in [-0.3, -0.25) is 0 Å². The zero-order valence-corrected chi connectivity index (χ0v) is 15.2. The lowest BCUT2D eigenvalue weighted by Crippen LogP contribution is -2.36. The highest BCUT2D eigenvalue weighted by Gasteiger charge is 2.30. The van der Waals surface area contributed by atoms with Crippen molar-refractivity contribution in [1.82, 2.24) is 19.9 Å². The molecule has 2 aromatic rings. The number of ether oxygens (including phenoxy) is 1. The van der Waals surface area contributed by atoms with Crippen LogP contribution in [0.1, 0.15) is 27.2 Å². The van der Waals surface area contributed by atoms with Crippen molar-refractivity contribution < 1.29 is 9.53 Å². The van der Waals surface area contributed by atoms with Crippen LogP contribution < -0.4 is 5.32 Å². The summed E-state index contributed by atoms with van der Waals surface area (Å²) in [7, 11) is 0. The molecule has 2 aromatic heterocycles. The Kier molecular flexibility index (Phi) is 4.48. The Morgan fingerprint density at radius 2 is 2.17 bits per heavy atom. The molecule has 1 saturated heterocycles. The summed E-state index contributed by atoms with van der Waals surface area (Å²) in [5.74, 6) is 0.562. The average Bonchev–Trinajstić information content (AvgIpc) is 3.04. The number of anilines is 1. The summed E-state index contributed by atoms with van der Waals surface area (Å²) < 4.78 is 5.40. The lowest BCUT2D eigenvalue weighted by Gasteiger charge is -2.24. The van der Waals surface area contributed by atoms with Crippen LogP contribution in [-0.2, 0) is 4.74 Å². The summed E-state index contributed by atoms with van der Waals surface area (Å²) in [6.07, 6.45) is 2.12. The van der Waals surface area contributed by atoms with Crippen molar-refractivity contribution in [1.29, 1.82) is 0 Å². The first-order valence-corrected chi connectivity index (χ1v) is 8.43. The number of rotatable bonds is 2. The van der Waals surface area contributed by atoms with Gasteiger partial charge in [0.1, 0.15) is 17.1 Å². The van der Waals surface area contributed by atoms with Gasteiger partial charge in [0.25, 0.3) is 0 Å². The average molecular weight is 372 g/mol. The van der Waals surface area contributed by atoms with E-state index in [9.17, 15) is 4.79 Å². The van der Waals surface area contributed by atoms with Crippen molar-refractivity contribution in [3.63, 3.8) is 0 Å². The highest BCUT2D eigenvalue weighted by atomic mass is 35.5. The molecule has 1 amide bonds. The Labute approximate surface area is 149 Å². The standard InChI is InChI=1S/C15H19Cl2N5O2/c1-15(2,3)24-14(23)22-5-4-8(7-22)19-12-10-9(16)6-18-11(10)20-13(17)21-12/h6,8H,4-5,7H2,1-3H3,(H2,18,19,20,21). The molecule has 2 N–H and O–H groups in total. The minimum absolute atomic E-state index is 0.0395. The maximum absolute atomic E-state index is 12.1. The van der Waals surface area contributed by atoms with E-state index in [4.69, 9.17) is 27.9 Å². The Hall–Kier alpha value is -1.73. The summed E-state index contributed by atoms with van der Waals surface area (Å²) in [6.45, 7) is 6.70. The Balaban J connectivity index is 1.72. The fraction of sp³-hybridized carbons (Fsp3) is 0.533. The molecule has 3 rings (SSSR count). The second kappa shape index (κ2) is 6.29. The lowest BCUT2D eigenvalue weighted by atomic mass is 10.2. The van der Waals surface area contributed by atoms with Crippen molar-refractivity contribution in [3.05, 3.63) is 16.5 Å². The molecule has 7 nitrogen and oxygen atoms in total. The minimum Gasteiger partial charge on any atom is -0.444 e. The van der Waals surface area contributed by atoms with Gasteiger partial charge in [-0.25, -0.2) is 4.79 Å². The van der Waals surface area contributed by atoms with Gasteiger partial charge in [0.15, 0.2) is 0 Å². The van der Waals surface area contributed by atoms with Crippen LogP contribution >= 0.6 is 23.2 Å². The summed E-state index contributed by atoms with van der Waals surface area (Å²) >= 11 is 12.1. The van der Waals surface area contributed by atoms with Gasteiger partial charge < -0.3 is 19.9 Å². The van der Waals surface area contributed by atoms with E-state index in [0.717, 1.165) is 6.42 Å². The molecule has 3 heterocycles. The number of amides is 1. The first-order chi connectivity index (χ1) is 11.2. The smallest absolute Gasteiger partial charge is 0.410 e. The van der Waals surface area contributed by atoms with Gasteiger partial charge in [0.05, 0.1) is 10.4 Å². The van der Waals surface area contributed by atoms with Gasteiger partial charge in [0.2, 0.25) is 5.28 Å². The maximum atomic E-state index is 12.1. The predicted molar refractivity (Wildman–Crippen MR) is 93.7 cm³/mol. The molecule has 1 atom stereocenters. The van der Waals surface area contributed by atoms with Crippen molar-refractivity contribution in [2.75, 3.05) is 18.4 Å². The quantitative estimate of drug-likeness (QED) is 0.786. The first kappa shape index (κ1) is 17.1. The third-order valence-electron chi connectivity index (χ3n) is 3.64. The summed E-state index contributed by atoms with van der Waals surface area (Å²) in [5.41, 5.74) is 0.0672. The van der Waals surface area contributed by atoms with E-state index in [-0.39, 0.29) is 17.4 Å². The molecule has 24 heavy (non-hydrogen) atoms. The summed E-state index contributed by atoms with van der Waals surface area (Å²) in [5, 5.41) is 4.65. The fourth-order valence-electron chi connectivity index (χ4n) is 2.64. The molecule has 0 bridgehead atoms. The largest absolute Gasteiger partial charge is 0.444 e. The molecule has 1 unspecified atom stereocenters. The number of aromatic nitrogens is 3. The summed E-state index contributed by atoms with van der Waals surface area (Å²) in [4.78, 5) is 25.1. The van der Waals surface area contributed by atoms with E-state index in [1.165, 1.54) is 0 Å². The molecule has 0 saturated carbocycles. The molecule has 1 aliphatic rings. The second-order valence-electron chi connectivity index (χ2n) is 6.76. The molecule has 9 heteroatoms. The number of nitrogens with one attached hydrogen (secondary N) is 2. The number of hydrogen-bond acceptors (Lipinski definition) is 5. The maximum Gasteiger partial charge on any atom is 0.410 e. The number of carbonyl (C=O) groups is 1.